The van der Waals surface area contributed by atoms with Gasteiger partial charge in [-0.05, 0) is 13.3 Å². The van der Waals surface area contributed by atoms with E-state index in [0.717, 1.165) is 19.5 Å². The maximum atomic E-state index is 5.45. The molecular weight excluding hydrogens is 270 g/mol. The summed E-state index contributed by atoms with van der Waals surface area (Å²) in [6.07, 6.45) is 3.44. The number of rotatable bonds is 7. The number of hydrazine groups is 1. The van der Waals surface area contributed by atoms with E-state index in [1.54, 1.807) is 0 Å². The molecule has 8 heteroatoms. The zero-order valence-corrected chi connectivity index (χ0v) is 12.8. The van der Waals surface area contributed by atoms with Gasteiger partial charge in [0, 0.05) is 19.1 Å². The Bertz CT molecular complexity index is 437. The van der Waals surface area contributed by atoms with Crippen molar-refractivity contribution in [2.24, 2.45) is 5.84 Å². The fourth-order valence-corrected chi connectivity index (χ4v) is 2.20. The molecule has 0 aliphatic carbocycles. The van der Waals surface area contributed by atoms with Crippen molar-refractivity contribution < 1.29 is 4.74 Å². The maximum Gasteiger partial charge on any atom is 0.243 e. The largest absolute Gasteiger partial charge is 0.378 e. The molecule has 1 aliphatic heterocycles. The van der Waals surface area contributed by atoms with Gasteiger partial charge in [0.15, 0.2) is 0 Å². The van der Waals surface area contributed by atoms with Gasteiger partial charge < -0.3 is 15.0 Å². The summed E-state index contributed by atoms with van der Waals surface area (Å²) in [5.41, 5.74) is 2.50. The lowest BCUT2D eigenvalue weighted by atomic mass is 10.1. The molecule has 1 aromatic rings. The first-order chi connectivity index (χ1) is 10.2. The molecule has 0 radical (unpaired) electrons. The smallest absolute Gasteiger partial charge is 0.243 e. The van der Waals surface area contributed by atoms with Crippen LogP contribution < -0.4 is 21.5 Å². The molecule has 118 valence electrons. The highest BCUT2D eigenvalue weighted by atomic mass is 16.5. The van der Waals surface area contributed by atoms with Gasteiger partial charge in [-0.1, -0.05) is 19.8 Å². The lowest BCUT2D eigenvalue weighted by molar-refractivity contribution is 0.122. The first-order valence-corrected chi connectivity index (χ1v) is 7.55. The first kappa shape index (κ1) is 15.7. The average molecular weight is 295 g/mol. The summed E-state index contributed by atoms with van der Waals surface area (Å²) in [4.78, 5) is 15.2. The second-order valence-electron chi connectivity index (χ2n) is 5.21. The molecule has 21 heavy (non-hydrogen) atoms. The first-order valence-electron chi connectivity index (χ1n) is 7.55. The number of nitrogens with one attached hydrogen (secondary N) is 2. The molecule has 4 N–H and O–H groups in total. The molecular formula is C13H25N7O. The second kappa shape index (κ2) is 7.94. The van der Waals surface area contributed by atoms with Crippen LogP contribution in [0.1, 0.15) is 33.1 Å². The highest BCUT2D eigenvalue weighted by Gasteiger charge is 2.16. The standard InChI is InChI=1S/C13H25N7O/c1-3-4-5-10(2)15-11-16-12(19-14)18-13(17-11)20-6-8-21-9-7-20/h10H,3-9,14H2,1-2H3,(H2,15,16,17,18,19). The number of ether oxygens (including phenoxy) is 1. The molecule has 1 atom stereocenters. The van der Waals surface area contributed by atoms with E-state index in [4.69, 9.17) is 10.6 Å². The molecule has 1 fully saturated rings. The third-order valence-electron chi connectivity index (χ3n) is 3.41. The molecule has 0 aromatic carbocycles. The Morgan fingerprint density at radius 3 is 2.62 bits per heavy atom. The number of morpholine rings is 1. The predicted octanol–water partition coefficient (Wildman–Crippen LogP) is 0.984. The molecule has 1 aromatic heterocycles. The highest BCUT2D eigenvalue weighted by molar-refractivity contribution is 5.43. The Labute approximate surface area is 125 Å². The molecule has 1 aliphatic rings. The molecule has 1 unspecified atom stereocenters. The van der Waals surface area contributed by atoms with Crippen LogP contribution in [-0.2, 0) is 4.74 Å². The molecule has 8 nitrogen and oxygen atoms in total. The summed E-state index contributed by atoms with van der Waals surface area (Å²) >= 11 is 0. The van der Waals surface area contributed by atoms with E-state index in [2.05, 4.69) is 44.4 Å². The van der Waals surface area contributed by atoms with E-state index in [0.29, 0.717) is 37.1 Å². The van der Waals surface area contributed by atoms with Gasteiger partial charge in [0.1, 0.15) is 0 Å². The van der Waals surface area contributed by atoms with Crippen LogP contribution in [0, 0.1) is 0 Å². The molecule has 1 saturated heterocycles. The number of unbranched alkanes of at least 4 members (excludes halogenated alkanes) is 1. The molecule has 2 rings (SSSR count). The van der Waals surface area contributed by atoms with Gasteiger partial charge in [-0.25, -0.2) is 5.84 Å². The predicted molar refractivity (Wildman–Crippen MR) is 83.3 cm³/mol. The minimum absolute atomic E-state index is 0.315. The van der Waals surface area contributed by atoms with Gasteiger partial charge in [0.25, 0.3) is 0 Å². The third kappa shape index (κ3) is 4.68. The van der Waals surface area contributed by atoms with Crippen LogP contribution in [-0.4, -0.2) is 47.3 Å². The van der Waals surface area contributed by atoms with E-state index in [9.17, 15) is 0 Å². The van der Waals surface area contributed by atoms with Gasteiger partial charge in [0.05, 0.1) is 13.2 Å². The van der Waals surface area contributed by atoms with E-state index in [1.165, 1.54) is 12.8 Å². The molecule has 0 saturated carbocycles. The Hall–Kier alpha value is -1.67. The van der Waals surface area contributed by atoms with Crippen molar-refractivity contribution in [1.29, 1.82) is 0 Å². The number of nitrogen functional groups attached to an aromatic ring is 1. The van der Waals surface area contributed by atoms with Crippen molar-refractivity contribution >= 4 is 17.8 Å². The lowest BCUT2D eigenvalue weighted by Crippen LogP contribution is -2.37. The zero-order chi connectivity index (χ0) is 15.1. The van der Waals surface area contributed by atoms with Gasteiger partial charge >= 0.3 is 0 Å². The average Bonchev–Trinajstić information content (AvgIpc) is 2.53. The van der Waals surface area contributed by atoms with Crippen molar-refractivity contribution in [3.05, 3.63) is 0 Å². The monoisotopic (exact) mass is 295 g/mol. The van der Waals surface area contributed by atoms with Gasteiger partial charge in [-0.2, -0.15) is 15.0 Å². The van der Waals surface area contributed by atoms with Crippen LogP contribution in [0.25, 0.3) is 0 Å². The topological polar surface area (TPSA) is 101 Å². The van der Waals surface area contributed by atoms with E-state index >= 15 is 0 Å². The number of aromatic nitrogens is 3. The SMILES string of the molecule is CCCCC(C)Nc1nc(NN)nc(N2CCOCC2)n1. The van der Waals surface area contributed by atoms with Crippen molar-refractivity contribution in [2.45, 2.75) is 39.2 Å². The number of nitrogens with two attached hydrogens (primary N) is 1. The Kier molecular flexibility index (Phi) is 5.94. The molecule has 2 heterocycles. The maximum absolute atomic E-state index is 5.45. The minimum atomic E-state index is 0.315. The van der Waals surface area contributed by atoms with Crippen molar-refractivity contribution in [3.8, 4) is 0 Å². The van der Waals surface area contributed by atoms with Gasteiger partial charge in [0.2, 0.25) is 17.8 Å². The Morgan fingerprint density at radius 2 is 1.95 bits per heavy atom. The summed E-state index contributed by atoms with van der Waals surface area (Å²) in [7, 11) is 0. The van der Waals surface area contributed by atoms with Crippen LogP contribution in [0.5, 0.6) is 0 Å². The zero-order valence-electron chi connectivity index (χ0n) is 12.8. The number of hydrogen-bond acceptors (Lipinski definition) is 8. The van der Waals surface area contributed by atoms with E-state index in [-0.39, 0.29) is 0 Å². The van der Waals surface area contributed by atoms with E-state index < -0.39 is 0 Å². The molecule has 0 amide bonds. The lowest BCUT2D eigenvalue weighted by Gasteiger charge is -2.27. The summed E-state index contributed by atoms with van der Waals surface area (Å²) in [6.45, 7) is 7.24. The van der Waals surface area contributed by atoms with Crippen LogP contribution in [0.4, 0.5) is 17.8 Å². The van der Waals surface area contributed by atoms with E-state index in [1.807, 2.05) is 0 Å². The van der Waals surface area contributed by atoms with Crippen LogP contribution >= 0.6 is 0 Å². The number of nitrogens with zero attached hydrogens (tertiary/aromatic N) is 4. The quantitative estimate of drug-likeness (QED) is 0.505. The third-order valence-corrected chi connectivity index (χ3v) is 3.41. The van der Waals surface area contributed by atoms with Crippen LogP contribution in [0.2, 0.25) is 0 Å². The van der Waals surface area contributed by atoms with Gasteiger partial charge in [-0.3, -0.25) is 5.43 Å². The Balaban J connectivity index is 2.09. The molecule has 0 spiro atoms. The summed E-state index contributed by atoms with van der Waals surface area (Å²) in [6, 6.07) is 0.315. The fourth-order valence-electron chi connectivity index (χ4n) is 2.20. The summed E-state index contributed by atoms with van der Waals surface area (Å²) in [5.74, 6) is 7.02. The van der Waals surface area contributed by atoms with Crippen molar-refractivity contribution in [2.75, 3.05) is 41.9 Å². The highest BCUT2D eigenvalue weighted by Crippen LogP contribution is 2.16. The summed E-state index contributed by atoms with van der Waals surface area (Å²) < 4.78 is 5.35. The normalized spacial score (nSPS) is 16.6. The van der Waals surface area contributed by atoms with Crippen molar-refractivity contribution in [1.82, 2.24) is 15.0 Å². The Morgan fingerprint density at radius 1 is 1.24 bits per heavy atom. The van der Waals surface area contributed by atoms with Crippen molar-refractivity contribution in [3.63, 3.8) is 0 Å². The minimum Gasteiger partial charge on any atom is -0.378 e. The second-order valence-corrected chi connectivity index (χ2v) is 5.21. The van der Waals surface area contributed by atoms with Gasteiger partial charge in [-0.15, -0.1) is 0 Å². The fraction of sp³-hybridized carbons (Fsp3) is 0.769. The molecule has 0 bridgehead atoms. The number of hydrogen-bond donors (Lipinski definition) is 3. The summed E-state index contributed by atoms with van der Waals surface area (Å²) in [5, 5.41) is 3.32. The van der Waals surface area contributed by atoms with Crippen LogP contribution in [0.3, 0.4) is 0 Å². The van der Waals surface area contributed by atoms with Crippen LogP contribution in [0.15, 0.2) is 0 Å². The number of anilines is 3.